The lowest BCUT2D eigenvalue weighted by atomic mass is 9.87. The van der Waals surface area contributed by atoms with Gasteiger partial charge < -0.3 is 19.5 Å². The largest absolute Gasteiger partial charge is 0.485 e. The molecule has 2 heterocycles. The van der Waals surface area contributed by atoms with Gasteiger partial charge in [-0.15, -0.1) is 0 Å². The Bertz CT molecular complexity index is 1160. The van der Waals surface area contributed by atoms with Crippen molar-refractivity contribution in [2.24, 2.45) is 0 Å². The second kappa shape index (κ2) is 7.20. The summed E-state index contributed by atoms with van der Waals surface area (Å²) in [4.78, 5) is 15.2. The second-order valence-electron chi connectivity index (χ2n) is 7.21. The molecule has 1 unspecified atom stereocenters. The van der Waals surface area contributed by atoms with E-state index >= 15 is 0 Å². The Balaban J connectivity index is 1.58. The van der Waals surface area contributed by atoms with Gasteiger partial charge >= 0.3 is 0 Å². The van der Waals surface area contributed by atoms with Crippen molar-refractivity contribution in [3.05, 3.63) is 101 Å². The predicted octanol–water partition coefficient (Wildman–Crippen LogP) is 4.41. The van der Waals surface area contributed by atoms with Crippen LogP contribution in [0.15, 0.2) is 79.1 Å². The minimum atomic E-state index is -1.82. The van der Waals surface area contributed by atoms with Crippen molar-refractivity contribution in [1.29, 1.82) is 0 Å². The van der Waals surface area contributed by atoms with Gasteiger partial charge in [0.25, 0.3) is 5.91 Å². The van der Waals surface area contributed by atoms with E-state index in [9.17, 15) is 9.90 Å². The number of nitrogens with zero attached hydrogens (tertiary/aromatic N) is 1. The molecule has 2 aliphatic rings. The van der Waals surface area contributed by atoms with E-state index in [1.807, 2.05) is 30.3 Å². The number of halogens is 1. The maximum absolute atomic E-state index is 13.6. The molecule has 2 aliphatic heterocycles. The number of aliphatic hydroxyl groups is 1. The number of carbonyl (C=O) groups excluding carboxylic acids is 1. The van der Waals surface area contributed by atoms with Crippen molar-refractivity contribution < 1.29 is 19.4 Å². The molecular weight excluding hydrogens is 402 g/mol. The number of amides is 1. The molecular formula is C24H18ClNO4. The van der Waals surface area contributed by atoms with Crippen LogP contribution in [0.5, 0.6) is 11.5 Å². The average molecular weight is 420 g/mol. The number of benzene rings is 3. The van der Waals surface area contributed by atoms with E-state index in [2.05, 4.69) is 0 Å². The van der Waals surface area contributed by atoms with Gasteiger partial charge in [0.05, 0.1) is 18.5 Å². The Kier molecular flexibility index (Phi) is 4.50. The summed E-state index contributed by atoms with van der Waals surface area (Å²) in [6.07, 6.45) is 3.29. The molecule has 0 aromatic heterocycles. The summed E-state index contributed by atoms with van der Waals surface area (Å²) in [7, 11) is 0. The molecule has 5 rings (SSSR count). The lowest BCUT2D eigenvalue weighted by Crippen LogP contribution is -2.40. The summed E-state index contributed by atoms with van der Waals surface area (Å²) in [6.45, 7) is 0.718. The molecule has 30 heavy (non-hydrogen) atoms. The maximum Gasteiger partial charge on any atom is 0.268 e. The highest BCUT2D eigenvalue weighted by atomic mass is 35.5. The molecule has 3 aromatic rings. The number of para-hydroxylation sites is 1. The normalized spacial score (nSPS) is 19.5. The van der Waals surface area contributed by atoms with Gasteiger partial charge in [-0.05, 0) is 42.0 Å². The van der Waals surface area contributed by atoms with Crippen LogP contribution in [0.3, 0.4) is 0 Å². The number of hydrogen-bond donors (Lipinski definition) is 1. The molecule has 150 valence electrons. The van der Waals surface area contributed by atoms with Crippen LogP contribution in [-0.4, -0.2) is 17.6 Å². The summed E-state index contributed by atoms with van der Waals surface area (Å²) in [5, 5.41) is 12.4. The molecule has 0 bridgehead atoms. The fourth-order valence-electron chi connectivity index (χ4n) is 3.89. The Morgan fingerprint density at radius 2 is 1.83 bits per heavy atom. The number of carbonyl (C=O) groups is 1. The molecule has 1 atom stereocenters. The maximum atomic E-state index is 13.6. The summed E-state index contributed by atoms with van der Waals surface area (Å²) in [6, 6.07) is 19.7. The van der Waals surface area contributed by atoms with Crippen molar-refractivity contribution in [1.82, 2.24) is 0 Å². The fourth-order valence-corrected chi connectivity index (χ4v) is 4.01. The van der Waals surface area contributed by atoms with Crippen molar-refractivity contribution in [2.75, 3.05) is 11.5 Å². The Hall–Kier alpha value is -3.28. The molecule has 0 aliphatic carbocycles. The van der Waals surface area contributed by atoms with Crippen LogP contribution in [0.1, 0.15) is 16.7 Å². The highest BCUT2D eigenvalue weighted by Gasteiger charge is 2.51. The Labute approximate surface area is 178 Å². The molecule has 0 saturated carbocycles. The third-order valence-electron chi connectivity index (χ3n) is 5.38. The minimum absolute atomic E-state index is 0.322. The van der Waals surface area contributed by atoms with E-state index in [0.29, 0.717) is 46.5 Å². The SMILES string of the molecule is O=C1N(Cc2ccc(Cl)cc2)c2ccccc2C1(O)c1ccc2c(c1)OC=CCO2. The molecule has 5 nitrogen and oxygen atoms in total. The van der Waals surface area contributed by atoms with E-state index in [1.54, 1.807) is 47.4 Å². The van der Waals surface area contributed by atoms with Crippen molar-refractivity contribution >= 4 is 23.2 Å². The van der Waals surface area contributed by atoms with E-state index in [-0.39, 0.29) is 0 Å². The van der Waals surface area contributed by atoms with Crippen LogP contribution < -0.4 is 14.4 Å². The molecule has 0 radical (unpaired) electrons. The van der Waals surface area contributed by atoms with Crippen LogP contribution in [0.4, 0.5) is 5.69 Å². The first kappa shape index (κ1) is 18.7. The predicted molar refractivity (Wildman–Crippen MR) is 114 cm³/mol. The zero-order valence-corrected chi connectivity index (χ0v) is 16.7. The number of ether oxygens (including phenoxy) is 2. The first-order valence-corrected chi connectivity index (χ1v) is 9.92. The smallest absolute Gasteiger partial charge is 0.268 e. The number of fused-ring (bicyclic) bond motifs is 2. The Morgan fingerprint density at radius 3 is 2.67 bits per heavy atom. The second-order valence-corrected chi connectivity index (χ2v) is 7.64. The van der Waals surface area contributed by atoms with E-state index < -0.39 is 11.5 Å². The van der Waals surface area contributed by atoms with Crippen molar-refractivity contribution in [3.63, 3.8) is 0 Å². The number of hydrogen-bond acceptors (Lipinski definition) is 4. The third kappa shape index (κ3) is 2.95. The van der Waals surface area contributed by atoms with Gasteiger partial charge in [-0.2, -0.15) is 0 Å². The molecule has 0 saturated heterocycles. The quantitative estimate of drug-likeness (QED) is 0.683. The number of rotatable bonds is 3. The fraction of sp³-hybridized carbons (Fsp3) is 0.125. The summed E-state index contributed by atoms with van der Waals surface area (Å²) in [5.74, 6) is 0.601. The highest BCUT2D eigenvalue weighted by molar-refractivity contribution is 6.30. The molecule has 6 heteroatoms. The standard InChI is InChI=1S/C24H18ClNO4/c25-18-9-6-16(7-10-18)15-26-20-5-2-1-4-19(20)24(28,23(26)27)17-8-11-21-22(14-17)30-13-3-12-29-21/h1-11,13-14,28H,12,15H2. The summed E-state index contributed by atoms with van der Waals surface area (Å²) >= 11 is 5.99. The van der Waals surface area contributed by atoms with E-state index in [1.165, 1.54) is 6.26 Å². The highest BCUT2D eigenvalue weighted by Crippen LogP contribution is 2.46. The van der Waals surface area contributed by atoms with Gasteiger partial charge in [0, 0.05) is 16.1 Å². The topological polar surface area (TPSA) is 59.0 Å². The van der Waals surface area contributed by atoms with Crippen molar-refractivity contribution in [3.8, 4) is 11.5 Å². The monoisotopic (exact) mass is 419 g/mol. The van der Waals surface area contributed by atoms with Gasteiger partial charge in [-0.1, -0.05) is 48.0 Å². The minimum Gasteiger partial charge on any atom is -0.485 e. The van der Waals surface area contributed by atoms with Gasteiger partial charge in [-0.25, -0.2) is 0 Å². The van der Waals surface area contributed by atoms with Gasteiger partial charge in [-0.3, -0.25) is 4.79 Å². The first-order chi connectivity index (χ1) is 14.6. The zero-order chi connectivity index (χ0) is 20.7. The van der Waals surface area contributed by atoms with Crippen LogP contribution in [-0.2, 0) is 16.9 Å². The molecule has 0 fully saturated rings. The van der Waals surface area contributed by atoms with Gasteiger partial charge in [0.15, 0.2) is 17.1 Å². The molecule has 1 amide bonds. The first-order valence-electron chi connectivity index (χ1n) is 9.54. The summed E-state index contributed by atoms with van der Waals surface area (Å²) in [5.41, 5.74) is 0.727. The van der Waals surface area contributed by atoms with E-state index in [0.717, 1.165) is 5.56 Å². The zero-order valence-electron chi connectivity index (χ0n) is 15.9. The van der Waals surface area contributed by atoms with Crippen LogP contribution in [0.25, 0.3) is 0 Å². The third-order valence-corrected chi connectivity index (χ3v) is 5.63. The van der Waals surface area contributed by atoms with Gasteiger partial charge in [0.2, 0.25) is 0 Å². The molecule has 1 N–H and O–H groups in total. The average Bonchev–Trinajstić information content (AvgIpc) is 2.93. The van der Waals surface area contributed by atoms with Gasteiger partial charge in [0.1, 0.15) is 6.61 Å². The van der Waals surface area contributed by atoms with Crippen LogP contribution >= 0.6 is 11.6 Å². The van der Waals surface area contributed by atoms with E-state index in [4.69, 9.17) is 21.1 Å². The van der Waals surface area contributed by atoms with Crippen LogP contribution in [0, 0.1) is 0 Å². The summed E-state index contributed by atoms with van der Waals surface area (Å²) < 4.78 is 11.2. The molecule has 0 spiro atoms. The Morgan fingerprint density at radius 1 is 1.03 bits per heavy atom. The lowest BCUT2D eigenvalue weighted by molar-refractivity contribution is -0.132. The van der Waals surface area contributed by atoms with Crippen LogP contribution in [0.2, 0.25) is 5.02 Å². The lowest BCUT2D eigenvalue weighted by Gasteiger charge is -2.24. The number of anilines is 1. The molecule has 3 aromatic carbocycles. The van der Waals surface area contributed by atoms with Crippen molar-refractivity contribution in [2.45, 2.75) is 12.1 Å².